The SMILES string of the molecule is CC(N)CCCCOC1CC(C)CC(C)C1. The third kappa shape index (κ3) is 5.86. The first-order chi connectivity index (χ1) is 7.58. The van der Waals surface area contributed by atoms with Crippen LogP contribution in [0.15, 0.2) is 0 Å². The van der Waals surface area contributed by atoms with Crippen molar-refractivity contribution in [3.8, 4) is 0 Å². The molecule has 1 aliphatic carbocycles. The minimum absolute atomic E-state index is 0.342. The molecule has 0 aromatic heterocycles. The Labute approximate surface area is 101 Å². The summed E-state index contributed by atoms with van der Waals surface area (Å²) in [5.41, 5.74) is 5.71. The summed E-state index contributed by atoms with van der Waals surface area (Å²) in [5.74, 6) is 1.69. The van der Waals surface area contributed by atoms with Crippen LogP contribution in [0.2, 0.25) is 0 Å². The normalized spacial score (nSPS) is 32.6. The maximum atomic E-state index is 5.96. The lowest BCUT2D eigenvalue weighted by molar-refractivity contribution is -0.000660. The molecule has 0 heterocycles. The van der Waals surface area contributed by atoms with Crippen molar-refractivity contribution in [1.82, 2.24) is 0 Å². The van der Waals surface area contributed by atoms with Crippen LogP contribution in [0.1, 0.15) is 59.3 Å². The molecule has 3 atom stereocenters. The Morgan fingerprint density at radius 3 is 2.31 bits per heavy atom. The molecule has 1 rings (SSSR count). The summed E-state index contributed by atoms with van der Waals surface area (Å²) in [6.45, 7) is 7.70. The molecule has 1 fully saturated rings. The lowest BCUT2D eigenvalue weighted by Gasteiger charge is -2.31. The summed E-state index contributed by atoms with van der Waals surface area (Å²) >= 11 is 0. The molecule has 0 saturated heterocycles. The second kappa shape index (κ2) is 7.29. The van der Waals surface area contributed by atoms with E-state index in [1.807, 2.05) is 0 Å². The summed E-state index contributed by atoms with van der Waals surface area (Å²) in [5, 5.41) is 0. The van der Waals surface area contributed by atoms with E-state index in [2.05, 4.69) is 20.8 Å². The molecule has 0 aromatic rings. The third-order valence-electron chi connectivity index (χ3n) is 3.54. The van der Waals surface area contributed by atoms with Gasteiger partial charge in [-0.15, -0.1) is 0 Å². The van der Waals surface area contributed by atoms with Gasteiger partial charge in [-0.1, -0.05) is 13.8 Å². The molecular formula is C14H29NO. The zero-order chi connectivity index (χ0) is 12.0. The molecule has 1 aliphatic rings. The largest absolute Gasteiger partial charge is 0.378 e. The second-order valence-electron chi connectivity index (χ2n) is 5.88. The zero-order valence-corrected chi connectivity index (χ0v) is 11.2. The molecule has 0 amide bonds. The molecule has 0 spiro atoms. The molecule has 0 aliphatic heterocycles. The monoisotopic (exact) mass is 227 g/mol. The fourth-order valence-corrected chi connectivity index (χ4v) is 2.83. The van der Waals surface area contributed by atoms with Gasteiger partial charge in [0.05, 0.1) is 6.10 Å². The topological polar surface area (TPSA) is 35.2 Å². The summed E-state index contributed by atoms with van der Waals surface area (Å²) in [6, 6.07) is 0.342. The van der Waals surface area contributed by atoms with Crippen molar-refractivity contribution < 1.29 is 4.74 Å². The highest BCUT2D eigenvalue weighted by Gasteiger charge is 2.23. The van der Waals surface area contributed by atoms with Crippen LogP contribution in [0.4, 0.5) is 0 Å². The van der Waals surface area contributed by atoms with E-state index in [4.69, 9.17) is 10.5 Å². The predicted octanol–water partition coefficient (Wildman–Crippen LogP) is 3.35. The first-order valence-corrected chi connectivity index (χ1v) is 6.95. The van der Waals surface area contributed by atoms with Gasteiger partial charge in [0.15, 0.2) is 0 Å². The van der Waals surface area contributed by atoms with Crippen LogP contribution in [0.5, 0.6) is 0 Å². The first kappa shape index (κ1) is 14.0. The molecule has 2 heteroatoms. The first-order valence-electron chi connectivity index (χ1n) is 6.95. The van der Waals surface area contributed by atoms with Crippen molar-refractivity contribution in [3.63, 3.8) is 0 Å². The van der Waals surface area contributed by atoms with E-state index >= 15 is 0 Å². The van der Waals surface area contributed by atoms with Crippen molar-refractivity contribution in [2.45, 2.75) is 71.4 Å². The quantitative estimate of drug-likeness (QED) is 0.706. The van der Waals surface area contributed by atoms with Gasteiger partial charge in [0.25, 0.3) is 0 Å². The van der Waals surface area contributed by atoms with E-state index in [1.54, 1.807) is 0 Å². The van der Waals surface area contributed by atoms with Gasteiger partial charge >= 0.3 is 0 Å². The van der Waals surface area contributed by atoms with E-state index in [0.29, 0.717) is 12.1 Å². The Morgan fingerprint density at radius 1 is 1.12 bits per heavy atom. The van der Waals surface area contributed by atoms with Crippen molar-refractivity contribution in [2.75, 3.05) is 6.61 Å². The summed E-state index contributed by atoms with van der Waals surface area (Å²) in [4.78, 5) is 0. The van der Waals surface area contributed by atoms with E-state index in [9.17, 15) is 0 Å². The predicted molar refractivity (Wildman–Crippen MR) is 69.4 cm³/mol. The van der Waals surface area contributed by atoms with Gasteiger partial charge in [-0.3, -0.25) is 0 Å². The van der Waals surface area contributed by atoms with E-state index in [1.165, 1.54) is 32.1 Å². The number of rotatable bonds is 6. The van der Waals surface area contributed by atoms with Gasteiger partial charge in [0, 0.05) is 12.6 Å². The molecule has 0 aromatic carbocycles. The molecule has 2 nitrogen and oxygen atoms in total. The minimum Gasteiger partial charge on any atom is -0.378 e. The molecular weight excluding hydrogens is 198 g/mol. The summed E-state index contributed by atoms with van der Waals surface area (Å²) < 4.78 is 5.96. The van der Waals surface area contributed by atoms with E-state index in [0.717, 1.165) is 24.9 Å². The highest BCUT2D eigenvalue weighted by atomic mass is 16.5. The molecule has 2 N–H and O–H groups in total. The number of hydrogen-bond donors (Lipinski definition) is 1. The van der Waals surface area contributed by atoms with Crippen molar-refractivity contribution >= 4 is 0 Å². The van der Waals surface area contributed by atoms with Gasteiger partial charge < -0.3 is 10.5 Å². The molecule has 0 radical (unpaired) electrons. The molecule has 96 valence electrons. The number of unbranched alkanes of at least 4 members (excludes halogenated alkanes) is 1. The maximum Gasteiger partial charge on any atom is 0.0580 e. The Balaban J connectivity index is 2.04. The van der Waals surface area contributed by atoms with Gasteiger partial charge in [-0.05, 0) is 57.3 Å². The van der Waals surface area contributed by atoms with E-state index in [-0.39, 0.29) is 0 Å². The smallest absolute Gasteiger partial charge is 0.0580 e. The van der Waals surface area contributed by atoms with Crippen LogP contribution < -0.4 is 5.73 Å². The average molecular weight is 227 g/mol. The Hall–Kier alpha value is -0.0800. The minimum atomic E-state index is 0.342. The Bertz CT molecular complexity index is 172. The van der Waals surface area contributed by atoms with Crippen LogP contribution in [0.3, 0.4) is 0 Å². The third-order valence-corrected chi connectivity index (χ3v) is 3.54. The number of ether oxygens (including phenoxy) is 1. The molecule has 3 unspecified atom stereocenters. The van der Waals surface area contributed by atoms with E-state index < -0.39 is 0 Å². The van der Waals surface area contributed by atoms with Crippen LogP contribution in [-0.4, -0.2) is 18.8 Å². The Morgan fingerprint density at radius 2 is 1.75 bits per heavy atom. The standard InChI is InChI=1S/C14H29NO/c1-11-8-12(2)10-14(9-11)16-7-5-4-6-13(3)15/h11-14H,4-10,15H2,1-3H3. The maximum absolute atomic E-state index is 5.96. The van der Waals surface area contributed by atoms with Crippen LogP contribution in [0.25, 0.3) is 0 Å². The molecule has 16 heavy (non-hydrogen) atoms. The van der Waals surface area contributed by atoms with Gasteiger partial charge in [0.2, 0.25) is 0 Å². The van der Waals surface area contributed by atoms with Gasteiger partial charge in [-0.2, -0.15) is 0 Å². The highest BCUT2D eigenvalue weighted by molar-refractivity contribution is 4.75. The van der Waals surface area contributed by atoms with Crippen molar-refractivity contribution in [2.24, 2.45) is 17.6 Å². The van der Waals surface area contributed by atoms with Crippen molar-refractivity contribution in [3.05, 3.63) is 0 Å². The van der Waals surface area contributed by atoms with Crippen LogP contribution in [0, 0.1) is 11.8 Å². The zero-order valence-electron chi connectivity index (χ0n) is 11.2. The van der Waals surface area contributed by atoms with Crippen molar-refractivity contribution in [1.29, 1.82) is 0 Å². The summed E-state index contributed by atoms with van der Waals surface area (Å²) in [6.07, 6.45) is 7.92. The summed E-state index contributed by atoms with van der Waals surface area (Å²) in [7, 11) is 0. The Kier molecular flexibility index (Phi) is 6.37. The van der Waals surface area contributed by atoms with Crippen LogP contribution in [-0.2, 0) is 4.74 Å². The fourth-order valence-electron chi connectivity index (χ4n) is 2.83. The lowest BCUT2D eigenvalue weighted by Crippen LogP contribution is -2.26. The van der Waals surface area contributed by atoms with Crippen LogP contribution >= 0.6 is 0 Å². The van der Waals surface area contributed by atoms with Gasteiger partial charge in [-0.25, -0.2) is 0 Å². The molecule has 1 saturated carbocycles. The van der Waals surface area contributed by atoms with Gasteiger partial charge in [0.1, 0.15) is 0 Å². The fraction of sp³-hybridized carbons (Fsp3) is 1.00. The average Bonchev–Trinajstić information content (AvgIpc) is 2.15. The number of nitrogens with two attached hydrogens (primary N) is 1. The molecule has 0 bridgehead atoms. The highest BCUT2D eigenvalue weighted by Crippen LogP contribution is 2.30. The number of hydrogen-bond acceptors (Lipinski definition) is 2. The lowest BCUT2D eigenvalue weighted by atomic mass is 9.82. The second-order valence-corrected chi connectivity index (χ2v) is 5.88.